The molecule has 0 radical (unpaired) electrons. The molecule has 0 aromatic carbocycles. The van der Waals surface area contributed by atoms with Crippen LogP contribution in [-0.4, -0.2) is 36.9 Å². The molecule has 2 N–H and O–H groups in total. The van der Waals surface area contributed by atoms with Gasteiger partial charge in [0.05, 0.1) is 12.4 Å². The highest BCUT2D eigenvalue weighted by molar-refractivity contribution is 5.83. The van der Waals surface area contributed by atoms with E-state index < -0.39 is 0 Å². The third-order valence-corrected chi connectivity index (χ3v) is 2.68. The maximum Gasteiger partial charge on any atom is 0.0990 e. The third-order valence-electron chi connectivity index (χ3n) is 2.68. The van der Waals surface area contributed by atoms with E-state index in [0.717, 1.165) is 32.6 Å². The molecule has 82 valence electrons. The number of nitrogens with zero attached hydrogens (tertiary/aromatic N) is 2. The summed E-state index contributed by atoms with van der Waals surface area (Å²) in [5.41, 5.74) is 5.55. The second kappa shape index (κ2) is 6.82. The minimum Gasteiger partial charge on any atom is -0.357 e. The maximum absolute atomic E-state index is 5.55. The second-order valence-corrected chi connectivity index (χ2v) is 3.88. The fourth-order valence-electron chi connectivity index (χ4n) is 1.87. The SMILES string of the molecule is CCCCCCC1=NCCN1CCN. The Morgan fingerprint density at radius 1 is 1.36 bits per heavy atom. The van der Waals surface area contributed by atoms with Gasteiger partial charge in [0.15, 0.2) is 0 Å². The largest absolute Gasteiger partial charge is 0.357 e. The highest BCUT2D eigenvalue weighted by Crippen LogP contribution is 2.09. The average molecular weight is 197 g/mol. The van der Waals surface area contributed by atoms with Crippen LogP contribution in [0.1, 0.15) is 39.0 Å². The molecule has 1 heterocycles. The summed E-state index contributed by atoms with van der Waals surface area (Å²) in [5, 5.41) is 0. The molecule has 0 bridgehead atoms. The fourth-order valence-corrected chi connectivity index (χ4v) is 1.87. The molecule has 1 aliphatic heterocycles. The van der Waals surface area contributed by atoms with Crippen LogP contribution in [0.3, 0.4) is 0 Å². The zero-order valence-corrected chi connectivity index (χ0v) is 9.34. The number of unbranched alkanes of at least 4 members (excludes halogenated alkanes) is 3. The van der Waals surface area contributed by atoms with Gasteiger partial charge in [-0.25, -0.2) is 0 Å². The summed E-state index contributed by atoms with van der Waals surface area (Å²) in [6.07, 6.45) is 6.43. The van der Waals surface area contributed by atoms with E-state index in [1.54, 1.807) is 0 Å². The first kappa shape index (κ1) is 11.5. The Kier molecular flexibility index (Phi) is 5.60. The van der Waals surface area contributed by atoms with E-state index in [1.165, 1.54) is 31.5 Å². The van der Waals surface area contributed by atoms with Crippen molar-refractivity contribution in [3.8, 4) is 0 Å². The molecule has 0 spiro atoms. The van der Waals surface area contributed by atoms with E-state index in [1.807, 2.05) is 0 Å². The van der Waals surface area contributed by atoms with Gasteiger partial charge in [-0.3, -0.25) is 4.99 Å². The molecule has 0 saturated heterocycles. The number of hydrogen-bond donors (Lipinski definition) is 1. The summed E-state index contributed by atoms with van der Waals surface area (Å²) in [6, 6.07) is 0. The van der Waals surface area contributed by atoms with Crippen LogP contribution in [0.25, 0.3) is 0 Å². The first-order valence-electron chi connectivity index (χ1n) is 5.86. The van der Waals surface area contributed by atoms with Gasteiger partial charge in [-0.2, -0.15) is 0 Å². The molecular formula is C11H23N3. The lowest BCUT2D eigenvalue weighted by molar-refractivity contribution is 0.456. The van der Waals surface area contributed by atoms with E-state index in [9.17, 15) is 0 Å². The molecule has 3 nitrogen and oxygen atoms in total. The van der Waals surface area contributed by atoms with Gasteiger partial charge in [0.1, 0.15) is 0 Å². The quantitative estimate of drug-likeness (QED) is 0.630. The number of nitrogens with two attached hydrogens (primary N) is 1. The average Bonchev–Trinajstić information content (AvgIpc) is 2.61. The van der Waals surface area contributed by atoms with Crippen molar-refractivity contribution < 1.29 is 0 Å². The van der Waals surface area contributed by atoms with E-state index in [-0.39, 0.29) is 0 Å². The smallest absolute Gasteiger partial charge is 0.0990 e. The second-order valence-electron chi connectivity index (χ2n) is 3.88. The maximum atomic E-state index is 5.55. The number of hydrogen-bond acceptors (Lipinski definition) is 3. The molecule has 0 aliphatic carbocycles. The topological polar surface area (TPSA) is 41.6 Å². The minimum absolute atomic E-state index is 0.744. The molecule has 0 unspecified atom stereocenters. The summed E-state index contributed by atoms with van der Waals surface area (Å²) >= 11 is 0. The van der Waals surface area contributed by atoms with Crippen LogP contribution >= 0.6 is 0 Å². The third kappa shape index (κ3) is 3.66. The van der Waals surface area contributed by atoms with Crippen LogP contribution in [0, 0.1) is 0 Å². The molecule has 14 heavy (non-hydrogen) atoms. The lowest BCUT2D eigenvalue weighted by atomic mass is 10.1. The molecule has 0 atom stereocenters. The van der Waals surface area contributed by atoms with Gasteiger partial charge in [-0.1, -0.05) is 26.2 Å². The molecule has 1 rings (SSSR count). The van der Waals surface area contributed by atoms with Crippen molar-refractivity contribution in [1.29, 1.82) is 0 Å². The van der Waals surface area contributed by atoms with Crippen molar-refractivity contribution in [3.05, 3.63) is 0 Å². The molecule has 0 aromatic heterocycles. The van der Waals surface area contributed by atoms with Gasteiger partial charge < -0.3 is 10.6 Å². The number of aliphatic imine (C=N–C) groups is 1. The van der Waals surface area contributed by atoms with Crippen LogP contribution in [0.4, 0.5) is 0 Å². The van der Waals surface area contributed by atoms with Crippen LogP contribution in [-0.2, 0) is 0 Å². The number of rotatable bonds is 7. The van der Waals surface area contributed by atoms with Gasteiger partial charge in [-0.15, -0.1) is 0 Å². The van der Waals surface area contributed by atoms with Crippen molar-refractivity contribution in [2.75, 3.05) is 26.2 Å². The van der Waals surface area contributed by atoms with E-state index >= 15 is 0 Å². The van der Waals surface area contributed by atoms with Crippen molar-refractivity contribution >= 4 is 5.84 Å². The van der Waals surface area contributed by atoms with E-state index in [2.05, 4.69) is 16.8 Å². The van der Waals surface area contributed by atoms with Crippen molar-refractivity contribution in [3.63, 3.8) is 0 Å². The zero-order valence-electron chi connectivity index (χ0n) is 9.34. The van der Waals surface area contributed by atoms with Crippen LogP contribution in [0.15, 0.2) is 4.99 Å². The van der Waals surface area contributed by atoms with Crippen molar-refractivity contribution in [2.45, 2.75) is 39.0 Å². The first-order chi connectivity index (χ1) is 6.88. The minimum atomic E-state index is 0.744. The predicted molar refractivity (Wildman–Crippen MR) is 61.7 cm³/mol. The Balaban J connectivity index is 2.15. The Morgan fingerprint density at radius 2 is 2.21 bits per heavy atom. The van der Waals surface area contributed by atoms with Crippen LogP contribution in [0.2, 0.25) is 0 Å². The molecule has 3 heteroatoms. The van der Waals surface area contributed by atoms with Crippen molar-refractivity contribution in [2.24, 2.45) is 10.7 Å². The number of amidine groups is 1. The Hall–Kier alpha value is -0.570. The van der Waals surface area contributed by atoms with Gasteiger partial charge in [0.2, 0.25) is 0 Å². The lowest BCUT2D eigenvalue weighted by Gasteiger charge is -2.19. The fraction of sp³-hybridized carbons (Fsp3) is 0.909. The molecule has 0 fully saturated rings. The first-order valence-corrected chi connectivity index (χ1v) is 5.86. The van der Waals surface area contributed by atoms with E-state index in [0.29, 0.717) is 0 Å². The molecule has 0 saturated carbocycles. The normalized spacial score (nSPS) is 16.1. The lowest BCUT2D eigenvalue weighted by Crippen LogP contribution is -2.32. The summed E-state index contributed by atoms with van der Waals surface area (Å²) in [7, 11) is 0. The summed E-state index contributed by atoms with van der Waals surface area (Å²) in [5.74, 6) is 1.30. The zero-order chi connectivity index (χ0) is 10.2. The molecule has 0 aromatic rings. The Labute approximate surface area is 87.4 Å². The van der Waals surface area contributed by atoms with Gasteiger partial charge in [0.25, 0.3) is 0 Å². The van der Waals surface area contributed by atoms with Crippen LogP contribution in [0.5, 0.6) is 0 Å². The highest BCUT2D eigenvalue weighted by atomic mass is 15.2. The van der Waals surface area contributed by atoms with E-state index in [4.69, 9.17) is 5.73 Å². The Morgan fingerprint density at radius 3 is 2.93 bits per heavy atom. The Bertz CT molecular complexity index is 177. The monoisotopic (exact) mass is 197 g/mol. The van der Waals surface area contributed by atoms with Gasteiger partial charge >= 0.3 is 0 Å². The summed E-state index contributed by atoms with van der Waals surface area (Å²) in [4.78, 5) is 6.86. The molecule has 0 amide bonds. The molecule has 1 aliphatic rings. The summed E-state index contributed by atoms with van der Waals surface area (Å²) < 4.78 is 0. The van der Waals surface area contributed by atoms with Crippen molar-refractivity contribution in [1.82, 2.24) is 4.90 Å². The summed E-state index contributed by atoms with van der Waals surface area (Å²) in [6.45, 7) is 6.03. The standard InChI is InChI=1S/C11H23N3/c1-2-3-4-5-6-11-13-8-10-14(11)9-7-12/h2-10,12H2,1H3. The highest BCUT2D eigenvalue weighted by Gasteiger charge is 2.14. The van der Waals surface area contributed by atoms with Gasteiger partial charge in [0, 0.05) is 26.1 Å². The predicted octanol–water partition coefficient (Wildman–Crippen LogP) is 1.63. The van der Waals surface area contributed by atoms with Gasteiger partial charge in [-0.05, 0) is 6.42 Å². The van der Waals surface area contributed by atoms with Crippen LogP contribution < -0.4 is 5.73 Å². The molecular weight excluding hydrogens is 174 g/mol.